The average Bonchev–Trinajstić information content (AvgIpc) is 2.99. The minimum Gasteiger partial charge on any atom is -0.493 e. The lowest BCUT2D eigenvalue weighted by Gasteiger charge is -2.12. The van der Waals surface area contributed by atoms with Crippen molar-refractivity contribution < 1.29 is 23.9 Å². The Morgan fingerprint density at radius 3 is 2.57 bits per heavy atom. The van der Waals surface area contributed by atoms with Crippen LogP contribution in [0.4, 0.5) is 10.5 Å². The number of anilines is 1. The van der Waals surface area contributed by atoms with Crippen molar-refractivity contribution in [3.8, 4) is 11.5 Å². The Bertz CT molecular complexity index is 1020. The van der Waals surface area contributed by atoms with Gasteiger partial charge in [-0.1, -0.05) is 18.2 Å². The molecule has 3 amide bonds. The van der Waals surface area contributed by atoms with E-state index >= 15 is 0 Å². The highest BCUT2D eigenvalue weighted by molar-refractivity contribution is 8.18. The zero-order chi connectivity index (χ0) is 21.7. The molecular weight excluding hydrogens is 404 g/mol. The molecule has 0 aromatic heterocycles. The second kappa shape index (κ2) is 9.49. The summed E-state index contributed by atoms with van der Waals surface area (Å²) in [6, 6.07) is 12.6. The van der Waals surface area contributed by atoms with Crippen LogP contribution in [0.1, 0.15) is 17.5 Å². The lowest BCUT2D eigenvalue weighted by Crippen LogP contribution is -2.31. The fourth-order valence-electron chi connectivity index (χ4n) is 2.95. The van der Waals surface area contributed by atoms with Crippen LogP contribution in [0.3, 0.4) is 0 Å². The molecule has 30 heavy (non-hydrogen) atoms. The van der Waals surface area contributed by atoms with Gasteiger partial charge in [-0.2, -0.15) is 0 Å². The van der Waals surface area contributed by atoms with Crippen molar-refractivity contribution in [2.24, 2.45) is 0 Å². The number of hydrogen-bond donors (Lipinski definition) is 1. The highest BCUT2D eigenvalue weighted by Crippen LogP contribution is 2.34. The number of carbonyl (C=O) groups excluding carboxylic acids is 3. The number of amides is 3. The quantitative estimate of drug-likeness (QED) is 0.672. The summed E-state index contributed by atoms with van der Waals surface area (Å²) in [6.07, 6.45) is 1.65. The number of aryl methyl sites for hydroxylation is 1. The zero-order valence-electron chi connectivity index (χ0n) is 16.9. The number of rotatable bonds is 7. The molecule has 2 aromatic rings. The van der Waals surface area contributed by atoms with E-state index in [0.717, 1.165) is 22.2 Å². The number of methoxy groups -OCH3 is 2. The maximum atomic E-state index is 12.6. The second-order valence-corrected chi connectivity index (χ2v) is 7.61. The van der Waals surface area contributed by atoms with E-state index in [9.17, 15) is 14.4 Å². The van der Waals surface area contributed by atoms with Gasteiger partial charge in [0.25, 0.3) is 11.1 Å². The normalized spacial score (nSPS) is 14.9. The molecule has 0 unspecified atom stereocenters. The molecule has 0 aliphatic carbocycles. The summed E-state index contributed by atoms with van der Waals surface area (Å²) in [5, 5.41) is 2.38. The van der Waals surface area contributed by atoms with Crippen LogP contribution in [0.15, 0.2) is 47.4 Å². The Morgan fingerprint density at radius 2 is 1.87 bits per heavy atom. The molecule has 156 valence electrons. The summed E-state index contributed by atoms with van der Waals surface area (Å²) >= 11 is 0.852. The highest BCUT2D eigenvalue weighted by atomic mass is 32.2. The van der Waals surface area contributed by atoms with E-state index in [4.69, 9.17) is 9.47 Å². The summed E-state index contributed by atoms with van der Waals surface area (Å²) in [5.74, 6) is 0.423. The van der Waals surface area contributed by atoms with Crippen molar-refractivity contribution in [1.29, 1.82) is 0 Å². The summed E-state index contributed by atoms with van der Waals surface area (Å²) in [4.78, 5) is 38.5. The van der Waals surface area contributed by atoms with Gasteiger partial charge in [0.15, 0.2) is 11.5 Å². The standard InChI is InChI=1S/C22H22N2O5S/c1-14-5-4-6-16(11-14)23-20(25)9-10-24-21(26)19(30-22(24)27)13-15-7-8-17(28-2)18(12-15)29-3/h4-8,11-13H,9-10H2,1-3H3,(H,23,25)/b19-13-. The number of carbonyl (C=O) groups is 3. The molecule has 1 fully saturated rings. The molecule has 3 rings (SSSR count). The molecule has 0 radical (unpaired) electrons. The molecule has 0 bridgehead atoms. The number of thioether (sulfide) groups is 1. The van der Waals surface area contributed by atoms with E-state index in [1.165, 1.54) is 14.2 Å². The second-order valence-electron chi connectivity index (χ2n) is 6.62. The van der Waals surface area contributed by atoms with Crippen LogP contribution in [-0.2, 0) is 9.59 Å². The topological polar surface area (TPSA) is 84.9 Å². The minimum absolute atomic E-state index is 0.0194. The summed E-state index contributed by atoms with van der Waals surface area (Å²) < 4.78 is 10.5. The van der Waals surface area contributed by atoms with Gasteiger partial charge in [-0.25, -0.2) is 0 Å². The summed E-state index contributed by atoms with van der Waals surface area (Å²) in [5.41, 5.74) is 2.41. The molecule has 1 aliphatic rings. The van der Waals surface area contributed by atoms with Gasteiger partial charge in [-0.3, -0.25) is 19.3 Å². The van der Waals surface area contributed by atoms with Crippen molar-refractivity contribution in [1.82, 2.24) is 4.90 Å². The van der Waals surface area contributed by atoms with Crippen molar-refractivity contribution in [3.63, 3.8) is 0 Å². The number of nitrogens with zero attached hydrogens (tertiary/aromatic N) is 1. The van der Waals surface area contributed by atoms with E-state index in [2.05, 4.69) is 5.32 Å². The van der Waals surface area contributed by atoms with Crippen molar-refractivity contribution >= 4 is 40.6 Å². The van der Waals surface area contributed by atoms with Crippen LogP contribution in [0.5, 0.6) is 11.5 Å². The lowest BCUT2D eigenvalue weighted by atomic mass is 10.2. The maximum Gasteiger partial charge on any atom is 0.293 e. The van der Waals surface area contributed by atoms with Crippen LogP contribution in [0.25, 0.3) is 6.08 Å². The van der Waals surface area contributed by atoms with Crippen molar-refractivity contribution in [2.45, 2.75) is 13.3 Å². The van der Waals surface area contributed by atoms with E-state index in [1.807, 2.05) is 25.1 Å². The van der Waals surface area contributed by atoms with E-state index in [1.54, 1.807) is 30.3 Å². The van der Waals surface area contributed by atoms with Gasteiger partial charge in [-0.15, -0.1) is 0 Å². The third kappa shape index (κ3) is 5.01. The maximum absolute atomic E-state index is 12.6. The Morgan fingerprint density at radius 1 is 1.10 bits per heavy atom. The van der Waals surface area contributed by atoms with Gasteiger partial charge in [0.05, 0.1) is 19.1 Å². The molecule has 0 atom stereocenters. The molecule has 0 spiro atoms. The van der Waals surface area contributed by atoms with Gasteiger partial charge in [0, 0.05) is 18.7 Å². The third-order valence-corrected chi connectivity index (χ3v) is 5.35. The minimum atomic E-state index is -0.414. The van der Waals surface area contributed by atoms with Gasteiger partial charge in [0.2, 0.25) is 5.91 Å². The zero-order valence-corrected chi connectivity index (χ0v) is 17.7. The molecule has 8 heteroatoms. The first-order valence-corrected chi connectivity index (χ1v) is 10.1. The molecule has 2 aromatic carbocycles. The van der Waals surface area contributed by atoms with Crippen LogP contribution in [-0.4, -0.2) is 42.7 Å². The van der Waals surface area contributed by atoms with Gasteiger partial charge < -0.3 is 14.8 Å². The number of ether oxygens (including phenoxy) is 2. The van der Waals surface area contributed by atoms with Crippen LogP contribution >= 0.6 is 11.8 Å². The van der Waals surface area contributed by atoms with Crippen LogP contribution in [0, 0.1) is 6.92 Å². The molecule has 1 aliphatic heterocycles. The Kier molecular flexibility index (Phi) is 6.79. The smallest absolute Gasteiger partial charge is 0.293 e. The Balaban J connectivity index is 1.64. The predicted octanol–water partition coefficient (Wildman–Crippen LogP) is 4.08. The van der Waals surface area contributed by atoms with E-state index < -0.39 is 11.1 Å². The van der Waals surface area contributed by atoms with Gasteiger partial charge in [0.1, 0.15) is 0 Å². The van der Waals surface area contributed by atoms with E-state index in [-0.39, 0.29) is 18.9 Å². The molecule has 1 N–H and O–H groups in total. The number of imide groups is 1. The largest absolute Gasteiger partial charge is 0.493 e. The molecule has 1 saturated heterocycles. The predicted molar refractivity (Wildman–Crippen MR) is 117 cm³/mol. The summed E-state index contributed by atoms with van der Waals surface area (Å²) in [6.45, 7) is 1.95. The third-order valence-electron chi connectivity index (χ3n) is 4.44. The fraction of sp³-hybridized carbons (Fsp3) is 0.227. The van der Waals surface area contributed by atoms with E-state index in [0.29, 0.717) is 27.7 Å². The highest BCUT2D eigenvalue weighted by Gasteiger charge is 2.35. The van der Waals surface area contributed by atoms with Gasteiger partial charge >= 0.3 is 0 Å². The number of hydrogen-bond acceptors (Lipinski definition) is 6. The van der Waals surface area contributed by atoms with Crippen LogP contribution < -0.4 is 14.8 Å². The Hall–Kier alpha value is -3.26. The first kappa shape index (κ1) is 21.4. The monoisotopic (exact) mass is 426 g/mol. The number of benzene rings is 2. The lowest BCUT2D eigenvalue weighted by molar-refractivity contribution is -0.123. The average molecular weight is 426 g/mol. The summed E-state index contributed by atoms with van der Waals surface area (Å²) in [7, 11) is 3.06. The molecule has 0 saturated carbocycles. The first-order chi connectivity index (χ1) is 14.4. The first-order valence-electron chi connectivity index (χ1n) is 9.25. The van der Waals surface area contributed by atoms with Gasteiger partial charge in [-0.05, 0) is 60.2 Å². The number of nitrogens with one attached hydrogen (secondary N) is 1. The molecule has 7 nitrogen and oxygen atoms in total. The molecule has 1 heterocycles. The fourth-order valence-corrected chi connectivity index (χ4v) is 3.81. The Labute approximate surface area is 179 Å². The van der Waals surface area contributed by atoms with Crippen molar-refractivity contribution in [2.75, 3.05) is 26.1 Å². The van der Waals surface area contributed by atoms with Crippen molar-refractivity contribution in [3.05, 3.63) is 58.5 Å². The van der Waals surface area contributed by atoms with Crippen LogP contribution in [0.2, 0.25) is 0 Å². The molecular formula is C22H22N2O5S. The SMILES string of the molecule is COc1ccc(/C=C2\SC(=O)N(CCC(=O)Nc3cccc(C)c3)C2=O)cc1OC.